The highest BCUT2D eigenvalue weighted by atomic mass is 127. The molecule has 0 saturated carbocycles. The molecule has 138 valence electrons. The highest BCUT2D eigenvalue weighted by molar-refractivity contribution is 14.0. The van der Waals surface area contributed by atoms with Crippen LogP contribution in [0.2, 0.25) is 0 Å². The Bertz CT molecular complexity index is 666. The molecule has 7 heteroatoms. The predicted molar refractivity (Wildman–Crippen MR) is 111 cm³/mol. The number of nitrogens with one attached hydrogen (secondary N) is 2. The van der Waals surface area contributed by atoms with Gasteiger partial charge in [0.25, 0.3) is 0 Å². The normalized spacial score (nSPS) is 11.0. The minimum absolute atomic E-state index is 0. The Morgan fingerprint density at radius 3 is 2.68 bits per heavy atom. The van der Waals surface area contributed by atoms with Crippen molar-refractivity contribution in [3.8, 4) is 5.75 Å². The third-order valence-corrected chi connectivity index (χ3v) is 3.45. The van der Waals surface area contributed by atoms with Gasteiger partial charge in [0.2, 0.25) is 5.89 Å². The van der Waals surface area contributed by atoms with E-state index in [9.17, 15) is 0 Å². The fourth-order valence-corrected chi connectivity index (χ4v) is 2.19. The number of benzene rings is 1. The van der Waals surface area contributed by atoms with E-state index in [1.165, 1.54) is 0 Å². The van der Waals surface area contributed by atoms with Crippen molar-refractivity contribution < 1.29 is 9.15 Å². The van der Waals surface area contributed by atoms with Crippen LogP contribution < -0.4 is 15.4 Å². The molecule has 0 fully saturated rings. The van der Waals surface area contributed by atoms with E-state index < -0.39 is 0 Å². The van der Waals surface area contributed by atoms with E-state index in [0.29, 0.717) is 25.6 Å². The lowest BCUT2D eigenvalue weighted by molar-refractivity contribution is 0.340. The second-order valence-electron chi connectivity index (χ2n) is 5.38. The van der Waals surface area contributed by atoms with Crippen molar-refractivity contribution in [3.05, 3.63) is 47.2 Å². The van der Waals surface area contributed by atoms with Crippen LogP contribution in [-0.4, -0.2) is 24.1 Å². The van der Waals surface area contributed by atoms with Gasteiger partial charge in [-0.05, 0) is 45.4 Å². The number of guanidine groups is 1. The quantitative estimate of drug-likeness (QED) is 0.377. The molecule has 0 saturated heterocycles. The van der Waals surface area contributed by atoms with Crippen molar-refractivity contribution in [2.24, 2.45) is 4.99 Å². The molecule has 0 atom stereocenters. The van der Waals surface area contributed by atoms with E-state index in [0.717, 1.165) is 35.3 Å². The standard InChI is InChI=1S/C18H26N4O2.HI/c1-5-19-18(21-12-17-22-13(3)14(4)24-17)20-11-15-8-7-9-16(10-15)23-6-2;/h7-10H,5-6,11-12H2,1-4H3,(H2,19,20,21);1H. The molecule has 6 nitrogen and oxygen atoms in total. The number of hydrogen-bond donors (Lipinski definition) is 2. The molecule has 25 heavy (non-hydrogen) atoms. The summed E-state index contributed by atoms with van der Waals surface area (Å²) in [5.74, 6) is 3.11. The number of aromatic nitrogens is 1. The summed E-state index contributed by atoms with van der Waals surface area (Å²) in [5, 5.41) is 6.46. The van der Waals surface area contributed by atoms with Gasteiger partial charge in [-0.2, -0.15) is 0 Å². The molecule has 0 spiro atoms. The van der Waals surface area contributed by atoms with Crippen molar-refractivity contribution >= 4 is 29.9 Å². The number of oxazole rings is 1. The van der Waals surface area contributed by atoms with Gasteiger partial charge in [0.15, 0.2) is 5.96 Å². The van der Waals surface area contributed by atoms with Crippen molar-refractivity contribution in [2.75, 3.05) is 13.2 Å². The van der Waals surface area contributed by atoms with Gasteiger partial charge < -0.3 is 19.8 Å². The third-order valence-electron chi connectivity index (χ3n) is 3.45. The largest absolute Gasteiger partial charge is 0.494 e. The summed E-state index contributed by atoms with van der Waals surface area (Å²) in [6.45, 7) is 10.4. The average Bonchev–Trinajstić information content (AvgIpc) is 2.89. The van der Waals surface area contributed by atoms with Crippen LogP contribution in [0.25, 0.3) is 0 Å². The minimum Gasteiger partial charge on any atom is -0.494 e. The smallest absolute Gasteiger partial charge is 0.214 e. The molecule has 0 bridgehead atoms. The fourth-order valence-electron chi connectivity index (χ4n) is 2.19. The molecule has 2 aromatic rings. The van der Waals surface area contributed by atoms with Crippen LogP contribution in [0.15, 0.2) is 33.7 Å². The molecule has 2 N–H and O–H groups in total. The predicted octanol–water partition coefficient (Wildman–Crippen LogP) is 3.56. The van der Waals surface area contributed by atoms with Crippen molar-refractivity contribution in [2.45, 2.75) is 40.8 Å². The molecule has 0 radical (unpaired) electrons. The SMILES string of the molecule is CCNC(=NCc1cccc(OCC)c1)NCc1nc(C)c(C)o1.I. The van der Waals surface area contributed by atoms with E-state index in [2.05, 4.69) is 20.6 Å². The first-order valence-corrected chi connectivity index (χ1v) is 8.29. The molecule has 0 aliphatic heterocycles. The molecule has 1 aromatic carbocycles. The maximum Gasteiger partial charge on any atom is 0.214 e. The van der Waals surface area contributed by atoms with Crippen LogP contribution in [0.1, 0.15) is 36.8 Å². The summed E-state index contributed by atoms with van der Waals surface area (Å²) in [4.78, 5) is 8.96. The van der Waals surface area contributed by atoms with Crippen LogP contribution >= 0.6 is 24.0 Å². The molecule has 0 unspecified atom stereocenters. The first kappa shape index (κ1) is 21.3. The first-order chi connectivity index (χ1) is 11.6. The summed E-state index contributed by atoms with van der Waals surface area (Å²) in [6.07, 6.45) is 0. The van der Waals surface area contributed by atoms with Gasteiger partial charge in [-0.15, -0.1) is 24.0 Å². The van der Waals surface area contributed by atoms with Crippen LogP contribution in [0.4, 0.5) is 0 Å². The Hall–Kier alpha value is -1.77. The Morgan fingerprint density at radius 1 is 1.24 bits per heavy atom. The molecule has 1 aromatic heterocycles. The highest BCUT2D eigenvalue weighted by Crippen LogP contribution is 2.14. The zero-order valence-electron chi connectivity index (χ0n) is 15.3. The Labute approximate surface area is 166 Å². The van der Waals surface area contributed by atoms with Gasteiger partial charge in [0.05, 0.1) is 25.4 Å². The van der Waals surface area contributed by atoms with E-state index in [-0.39, 0.29) is 24.0 Å². The average molecular weight is 458 g/mol. The monoisotopic (exact) mass is 458 g/mol. The van der Waals surface area contributed by atoms with Crippen LogP contribution in [-0.2, 0) is 13.1 Å². The zero-order chi connectivity index (χ0) is 17.4. The first-order valence-electron chi connectivity index (χ1n) is 8.29. The number of hydrogen-bond acceptors (Lipinski definition) is 4. The van der Waals surface area contributed by atoms with Gasteiger partial charge in [-0.1, -0.05) is 12.1 Å². The Balaban J connectivity index is 0.00000312. The zero-order valence-corrected chi connectivity index (χ0v) is 17.6. The molecule has 2 rings (SSSR count). The third kappa shape index (κ3) is 6.93. The molecule has 1 heterocycles. The van der Waals surface area contributed by atoms with E-state index in [1.54, 1.807) is 0 Å². The van der Waals surface area contributed by atoms with Crippen molar-refractivity contribution in [1.82, 2.24) is 15.6 Å². The van der Waals surface area contributed by atoms with Gasteiger partial charge in [-0.25, -0.2) is 9.98 Å². The number of halogens is 1. The lowest BCUT2D eigenvalue weighted by Crippen LogP contribution is -2.36. The summed E-state index contributed by atoms with van der Waals surface area (Å²) in [6, 6.07) is 7.98. The lowest BCUT2D eigenvalue weighted by Gasteiger charge is -2.10. The highest BCUT2D eigenvalue weighted by Gasteiger charge is 2.06. The van der Waals surface area contributed by atoms with Crippen molar-refractivity contribution in [3.63, 3.8) is 0 Å². The molecule has 0 aliphatic rings. The number of ether oxygens (including phenoxy) is 1. The maximum absolute atomic E-state index is 5.58. The van der Waals surface area contributed by atoms with Gasteiger partial charge in [-0.3, -0.25) is 0 Å². The van der Waals surface area contributed by atoms with E-state index in [4.69, 9.17) is 9.15 Å². The van der Waals surface area contributed by atoms with E-state index in [1.807, 2.05) is 52.0 Å². The van der Waals surface area contributed by atoms with Gasteiger partial charge >= 0.3 is 0 Å². The van der Waals surface area contributed by atoms with Gasteiger partial charge in [0, 0.05) is 6.54 Å². The molecule has 0 aliphatic carbocycles. The molecular weight excluding hydrogens is 431 g/mol. The second kappa shape index (κ2) is 11.0. The van der Waals surface area contributed by atoms with Crippen LogP contribution in [0.3, 0.4) is 0 Å². The Morgan fingerprint density at radius 2 is 2.04 bits per heavy atom. The summed E-state index contributed by atoms with van der Waals surface area (Å²) >= 11 is 0. The summed E-state index contributed by atoms with van der Waals surface area (Å²) in [7, 11) is 0. The van der Waals surface area contributed by atoms with Crippen molar-refractivity contribution in [1.29, 1.82) is 0 Å². The fraction of sp³-hybridized carbons (Fsp3) is 0.444. The number of rotatable bonds is 7. The number of aryl methyl sites for hydroxylation is 2. The number of nitrogens with zero attached hydrogens (tertiary/aromatic N) is 2. The lowest BCUT2D eigenvalue weighted by atomic mass is 10.2. The minimum atomic E-state index is 0. The number of aliphatic imine (C=N–C) groups is 1. The van der Waals surface area contributed by atoms with Crippen LogP contribution in [0.5, 0.6) is 5.75 Å². The summed E-state index contributed by atoms with van der Waals surface area (Å²) < 4.78 is 11.1. The van der Waals surface area contributed by atoms with E-state index >= 15 is 0 Å². The molecular formula is C18H27IN4O2. The second-order valence-corrected chi connectivity index (χ2v) is 5.38. The molecule has 0 amide bonds. The Kier molecular flexibility index (Phi) is 9.33. The summed E-state index contributed by atoms with van der Waals surface area (Å²) in [5.41, 5.74) is 2.02. The topological polar surface area (TPSA) is 71.7 Å². The maximum atomic E-state index is 5.58. The van der Waals surface area contributed by atoms with Crippen LogP contribution in [0, 0.1) is 13.8 Å². The van der Waals surface area contributed by atoms with Gasteiger partial charge in [0.1, 0.15) is 11.5 Å².